The smallest absolute Gasteiger partial charge is 0.257 e. The van der Waals surface area contributed by atoms with E-state index < -0.39 is 0 Å². The maximum atomic E-state index is 13.3. The summed E-state index contributed by atoms with van der Waals surface area (Å²) in [4.78, 5) is 28.2. The first-order valence-electron chi connectivity index (χ1n) is 10.0. The number of para-hydroxylation sites is 1. The molecule has 1 aromatic heterocycles. The van der Waals surface area contributed by atoms with E-state index in [-0.39, 0.29) is 11.3 Å². The van der Waals surface area contributed by atoms with Gasteiger partial charge in [0.1, 0.15) is 5.76 Å². The van der Waals surface area contributed by atoms with Crippen LogP contribution in [0.4, 0.5) is 0 Å². The maximum absolute atomic E-state index is 13.3. The Balaban J connectivity index is 1.86. The highest BCUT2D eigenvalue weighted by Crippen LogP contribution is 2.31. The zero-order chi connectivity index (χ0) is 19.7. The third-order valence-corrected chi connectivity index (χ3v) is 5.37. The highest BCUT2D eigenvalue weighted by Gasteiger charge is 2.28. The van der Waals surface area contributed by atoms with Crippen LogP contribution in [-0.2, 0) is 0 Å². The summed E-state index contributed by atoms with van der Waals surface area (Å²) in [7, 11) is 0. The summed E-state index contributed by atoms with van der Waals surface area (Å²) in [6.07, 6.45) is 3.28. The lowest BCUT2D eigenvalue weighted by molar-refractivity contribution is 0.0748. The van der Waals surface area contributed by atoms with Gasteiger partial charge in [-0.1, -0.05) is 43.3 Å². The van der Waals surface area contributed by atoms with E-state index in [9.17, 15) is 9.59 Å². The molecule has 0 unspecified atom stereocenters. The van der Waals surface area contributed by atoms with Crippen LogP contribution in [0.1, 0.15) is 42.1 Å². The Morgan fingerprint density at radius 2 is 1.86 bits per heavy atom. The van der Waals surface area contributed by atoms with Gasteiger partial charge >= 0.3 is 0 Å². The van der Waals surface area contributed by atoms with Gasteiger partial charge in [0.25, 0.3) is 5.91 Å². The monoisotopic (exact) mass is 375 g/mol. The van der Waals surface area contributed by atoms with Gasteiger partial charge in [0, 0.05) is 24.2 Å². The molecule has 0 aliphatic heterocycles. The number of nitrogens with zero attached hydrogens (tertiary/aromatic N) is 1. The summed E-state index contributed by atoms with van der Waals surface area (Å²) >= 11 is 0. The normalized spacial score (nSPS) is 13.6. The number of benzene rings is 2. The lowest BCUT2D eigenvalue weighted by Crippen LogP contribution is -2.33. The van der Waals surface area contributed by atoms with Crippen molar-refractivity contribution < 1.29 is 9.21 Å². The fourth-order valence-electron chi connectivity index (χ4n) is 3.67. The van der Waals surface area contributed by atoms with E-state index >= 15 is 0 Å². The largest absolute Gasteiger partial charge is 0.455 e. The fraction of sp³-hybridized carbons (Fsp3) is 0.333. The van der Waals surface area contributed by atoms with E-state index in [4.69, 9.17) is 4.42 Å². The summed E-state index contributed by atoms with van der Waals surface area (Å²) in [5.74, 6) is 1.09. The van der Waals surface area contributed by atoms with Gasteiger partial charge in [0.2, 0.25) is 0 Å². The van der Waals surface area contributed by atoms with Gasteiger partial charge in [-0.15, -0.1) is 0 Å². The second-order valence-electron chi connectivity index (χ2n) is 7.63. The third-order valence-electron chi connectivity index (χ3n) is 5.37. The Labute approximate surface area is 164 Å². The van der Waals surface area contributed by atoms with Gasteiger partial charge in [-0.2, -0.15) is 0 Å². The molecule has 0 saturated heterocycles. The van der Waals surface area contributed by atoms with Crippen molar-refractivity contribution in [2.45, 2.75) is 33.1 Å². The molecule has 1 heterocycles. The molecule has 4 heteroatoms. The second kappa shape index (κ2) is 7.63. The van der Waals surface area contributed by atoms with Crippen molar-refractivity contribution in [1.82, 2.24) is 4.90 Å². The molecule has 0 bridgehead atoms. The average molecular weight is 375 g/mol. The van der Waals surface area contributed by atoms with E-state index in [1.165, 1.54) is 12.8 Å². The molecule has 0 N–H and O–H groups in total. The van der Waals surface area contributed by atoms with Gasteiger partial charge in [0.15, 0.2) is 11.0 Å². The van der Waals surface area contributed by atoms with Crippen LogP contribution in [-0.4, -0.2) is 23.9 Å². The highest BCUT2D eigenvalue weighted by molar-refractivity contribution is 6.05. The molecule has 4 nitrogen and oxygen atoms in total. The molecule has 0 atom stereocenters. The molecule has 1 aliphatic carbocycles. The highest BCUT2D eigenvalue weighted by atomic mass is 16.3. The predicted molar refractivity (Wildman–Crippen MR) is 112 cm³/mol. The fourth-order valence-corrected chi connectivity index (χ4v) is 3.67. The first kappa shape index (κ1) is 18.5. The molecular formula is C24H25NO3. The van der Waals surface area contributed by atoms with Crippen LogP contribution in [0.25, 0.3) is 22.3 Å². The quantitative estimate of drug-likeness (QED) is 0.607. The predicted octanol–water partition coefficient (Wildman–Crippen LogP) is 5.03. The van der Waals surface area contributed by atoms with Crippen LogP contribution in [0.15, 0.2) is 57.7 Å². The Morgan fingerprint density at radius 3 is 2.54 bits per heavy atom. The van der Waals surface area contributed by atoms with Gasteiger partial charge < -0.3 is 9.32 Å². The van der Waals surface area contributed by atoms with Crippen LogP contribution in [0, 0.1) is 12.8 Å². The van der Waals surface area contributed by atoms with Crippen molar-refractivity contribution in [3.8, 4) is 11.3 Å². The molecule has 1 aliphatic rings. The third kappa shape index (κ3) is 3.47. The standard InChI is InChI=1S/C24H25NO3/c1-3-14-25(15-17-12-13-17)24(27)20-11-7-10-19-21(26)16(2)22(28-23(19)20)18-8-5-4-6-9-18/h4-11,17H,3,12-15H2,1-2H3. The molecule has 1 saturated carbocycles. The van der Waals surface area contributed by atoms with Gasteiger partial charge in [-0.25, -0.2) is 0 Å². The van der Waals surface area contributed by atoms with Crippen molar-refractivity contribution in [2.75, 3.05) is 13.1 Å². The molecule has 0 radical (unpaired) electrons. The topological polar surface area (TPSA) is 50.5 Å². The molecule has 0 spiro atoms. The first-order valence-corrected chi connectivity index (χ1v) is 10.0. The van der Waals surface area contributed by atoms with E-state index in [2.05, 4.69) is 6.92 Å². The van der Waals surface area contributed by atoms with E-state index in [0.717, 1.165) is 18.5 Å². The van der Waals surface area contributed by atoms with E-state index in [1.807, 2.05) is 35.2 Å². The van der Waals surface area contributed by atoms with Crippen LogP contribution < -0.4 is 5.43 Å². The summed E-state index contributed by atoms with van der Waals surface area (Å²) in [6, 6.07) is 14.9. The first-order chi connectivity index (χ1) is 13.6. The molecular weight excluding hydrogens is 350 g/mol. The Kier molecular flexibility index (Phi) is 5.03. The van der Waals surface area contributed by atoms with Crippen molar-refractivity contribution in [3.63, 3.8) is 0 Å². The minimum Gasteiger partial charge on any atom is -0.455 e. The number of hydrogen-bond acceptors (Lipinski definition) is 3. The van der Waals surface area contributed by atoms with E-state index in [0.29, 0.717) is 40.3 Å². The van der Waals surface area contributed by atoms with Crippen molar-refractivity contribution in [3.05, 3.63) is 69.9 Å². The van der Waals surface area contributed by atoms with Crippen LogP contribution in [0.5, 0.6) is 0 Å². The number of fused-ring (bicyclic) bond motifs is 1. The van der Waals surface area contributed by atoms with Crippen LogP contribution in [0.3, 0.4) is 0 Å². The van der Waals surface area contributed by atoms with E-state index in [1.54, 1.807) is 25.1 Å². The van der Waals surface area contributed by atoms with Crippen LogP contribution >= 0.6 is 0 Å². The summed E-state index contributed by atoms with van der Waals surface area (Å²) in [5.41, 5.74) is 2.18. The molecule has 3 aromatic rings. The minimum absolute atomic E-state index is 0.0506. The Hall–Kier alpha value is -2.88. The lowest BCUT2D eigenvalue weighted by atomic mass is 10.0. The second-order valence-corrected chi connectivity index (χ2v) is 7.63. The Bertz CT molecular complexity index is 1060. The number of rotatable bonds is 6. The van der Waals surface area contributed by atoms with Gasteiger partial charge in [-0.05, 0) is 44.2 Å². The number of carbonyl (C=O) groups excluding carboxylic acids is 1. The summed E-state index contributed by atoms with van der Waals surface area (Å²) in [5, 5.41) is 0.464. The molecule has 2 aromatic carbocycles. The minimum atomic E-state index is -0.0843. The maximum Gasteiger partial charge on any atom is 0.257 e. The summed E-state index contributed by atoms with van der Waals surface area (Å²) < 4.78 is 6.21. The van der Waals surface area contributed by atoms with Crippen molar-refractivity contribution in [2.24, 2.45) is 5.92 Å². The zero-order valence-electron chi connectivity index (χ0n) is 16.4. The molecule has 144 valence electrons. The molecule has 28 heavy (non-hydrogen) atoms. The summed E-state index contributed by atoms with van der Waals surface area (Å²) in [6.45, 7) is 5.35. The molecule has 4 rings (SSSR count). The van der Waals surface area contributed by atoms with Crippen molar-refractivity contribution >= 4 is 16.9 Å². The zero-order valence-corrected chi connectivity index (χ0v) is 16.4. The molecule has 1 amide bonds. The van der Waals surface area contributed by atoms with Crippen molar-refractivity contribution in [1.29, 1.82) is 0 Å². The van der Waals surface area contributed by atoms with Crippen LogP contribution in [0.2, 0.25) is 0 Å². The molecule has 1 fully saturated rings. The average Bonchev–Trinajstić information content (AvgIpc) is 3.54. The SMILES string of the molecule is CCCN(CC1CC1)C(=O)c1cccc2c(=O)c(C)c(-c3ccccc3)oc12. The number of carbonyl (C=O) groups is 1. The number of hydrogen-bond donors (Lipinski definition) is 0. The lowest BCUT2D eigenvalue weighted by Gasteiger charge is -2.22. The van der Waals surface area contributed by atoms with Gasteiger partial charge in [0.05, 0.1) is 10.9 Å². The Morgan fingerprint density at radius 1 is 1.11 bits per heavy atom. The van der Waals surface area contributed by atoms with Gasteiger partial charge in [-0.3, -0.25) is 9.59 Å². The number of amides is 1.